The smallest absolute Gasteiger partial charge is 0.0701 e. The summed E-state index contributed by atoms with van der Waals surface area (Å²) in [6.45, 7) is 6.77. The van der Waals surface area contributed by atoms with E-state index in [1.54, 1.807) is 11.3 Å². The van der Waals surface area contributed by atoms with Gasteiger partial charge >= 0.3 is 0 Å². The van der Waals surface area contributed by atoms with E-state index in [0.29, 0.717) is 18.0 Å². The van der Waals surface area contributed by atoms with E-state index in [1.807, 2.05) is 0 Å². The quantitative estimate of drug-likeness (QED) is 0.928. The third-order valence-electron chi connectivity index (χ3n) is 3.47. The molecule has 2 N–H and O–H groups in total. The SMILES string of the molecule is CC(C)N1CC(N)CC(Cc2csc(Br)c2)C1. The van der Waals surface area contributed by atoms with Gasteiger partial charge in [0.25, 0.3) is 0 Å². The van der Waals surface area contributed by atoms with Crippen LogP contribution < -0.4 is 5.73 Å². The summed E-state index contributed by atoms with van der Waals surface area (Å²) >= 11 is 5.30. The topological polar surface area (TPSA) is 29.3 Å². The Labute approximate surface area is 116 Å². The van der Waals surface area contributed by atoms with Crippen molar-refractivity contribution >= 4 is 27.3 Å². The number of hydrogen-bond donors (Lipinski definition) is 1. The van der Waals surface area contributed by atoms with Crippen LogP contribution in [-0.2, 0) is 6.42 Å². The van der Waals surface area contributed by atoms with E-state index in [9.17, 15) is 0 Å². The minimum atomic E-state index is 0.346. The van der Waals surface area contributed by atoms with Crippen LogP contribution in [0.2, 0.25) is 0 Å². The molecule has 1 fully saturated rings. The number of likely N-dealkylation sites (tertiary alicyclic amines) is 1. The van der Waals surface area contributed by atoms with E-state index in [1.165, 1.54) is 22.3 Å². The number of rotatable bonds is 3. The molecule has 2 atom stereocenters. The Morgan fingerprint density at radius 3 is 2.88 bits per heavy atom. The number of thiophene rings is 1. The molecule has 2 nitrogen and oxygen atoms in total. The molecule has 1 aromatic heterocycles. The lowest BCUT2D eigenvalue weighted by Gasteiger charge is -2.38. The molecule has 0 aromatic carbocycles. The molecule has 0 bridgehead atoms. The van der Waals surface area contributed by atoms with Crippen molar-refractivity contribution in [3.63, 3.8) is 0 Å². The number of piperidine rings is 1. The zero-order chi connectivity index (χ0) is 12.4. The summed E-state index contributed by atoms with van der Waals surface area (Å²) < 4.78 is 1.23. The normalized spacial score (nSPS) is 26.6. The molecule has 0 spiro atoms. The van der Waals surface area contributed by atoms with Crippen LogP contribution in [0.3, 0.4) is 0 Å². The average Bonchev–Trinajstić information content (AvgIpc) is 2.63. The van der Waals surface area contributed by atoms with Crippen LogP contribution in [0, 0.1) is 5.92 Å². The fourth-order valence-corrected chi connectivity index (χ4v) is 3.86. The minimum Gasteiger partial charge on any atom is -0.327 e. The molecule has 0 amide bonds. The van der Waals surface area contributed by atoms with Gasteiger partial charge in [0.2, 0.25) is 0 Å². The molecule has 0 aliphatic carbocycles. The largest absolute Gasteiger partial charge is 0.327 e. The Morgan fingerprint density at radius 1 is 1.53 bits per heavy atom. The van der Waals surface area contributed by atoms with Gasteiger partial charge in [0.1, 0.15) is 0 Å². The number of nitrogens with zero attached hydrogens (tertiary/aromatic N) is 1. The van der Waals surface area contributed by atoms with Crippen LogP contribution in [0.15, 0.2) is 15.2 Å². The second-order valence-corrected chi connectivity index (χ2v) is 7.66. The van der Waals surface area contributed by atoms with Crippen molar-refractivity contribution in [2.24, 2.45) is 11.7 Å². The molecule has 0 saturated carbocycles. The van der Waals surface area contributed by atoms with Crippen LogP contribution in [0.4, 0.5) is 0 Å². The highest BCUT2D eigenvalue weighted by atomic mass is 79.9. The fraction of sp³-hybridized carbons (Fsp3) is 0.692. The first-order valence-corrected chi connectivity index (χ1v) is 7.94. The van der Waals surface area contributed by atoms with Crippen molar-refractivity contribution in [2.45, 2.75) is 38.8 Å². The summed E-state index contributed by atoms with van der Waals surface area (Å²) in [4.78, 5) is 2.51. The Morgan fingerprint density at radius 2 is 2.29 bits per heavy atom. The standard InChI is InChI=1S/C13H21BrN2S/c1-9(2)16-6-10(4-12(15)7-16)3-11-5-13(14)17-8-11/h5,8-10,12H,3-4,6-7,15H2,1-2H3. The highest BCUT2D eigenvalue weighted by Gasteiger charge is 2.26. The van der Waals surface area contributed by atoms with Gasteiger partial charge in [0.05, 0.1) is 3.79 Å². The van der Waals surface area contributed by atoms with Gasteiger partial charge in [-0.2, -0.15) is 0 Å². The molecule has 2 unspecified atom stereocenters. The van der Waals surface area contributed by atoms with Gasteiger partial charge in [0, 0.05) is 25.2 Å². The first-order valence-electron chi connectivity index (χ1n) is 6.27. The van der Waals surface area contributed by atoms with Crippen molar-refractivity contribution in [2.75, 3.05) is 13.1 Å². The van der Waals surface area contributed by atoms with Gasteiger partial charge in [-0.3, -0.25) is 4.90 Å². The molecular formula is C13H21BrN2S. The van der Waals surface area contributed by atoms with E-state index < -0.39 is 0 Å². The average molecular weight is 317 g/mol. The van der Waals surface area contributed by atoms with Gasteiger partial charge in [0.15, 0.2) is 0 Å². The molecule has 1 saturated heterocycles. The van der Waals surface area contributed by atoms with Crippen LogP contribution in [-0.4, -0.2) is 30.1 Å². The summed E-state index contributed by atoms with van der Waals surface area (Å²) in [6.07, 6.45) is 2.33. The van der Waals surface area contributed by atoms with Gasteiger partial charge in [-0.15, -0.1) is 11.3 Å². The summed E-state index contributed by atoms with van der Waals surface area (Å²) in [6, 6.07) is 3.20. The second kappa shape index (κ2) is 5.83. The van der Waals surface area contributed by atoms with E-state index in [-0.39, 0.29) is 0 Å². The Hall–Kier alpha value is 0.100. The summed E-state index contributed by atoms with van der Waals surface area (Å²) in [5.41, 5.74) is 7.61. The van der Waals surface area contributed by atoms with E-state index >= 15 is 0 Å². The zero-order valence-electron chi connectivity index (χ0n) is 10.5. The van der Waals surface area contributed by atoms with Crippen molar-refractivity contribution in [1.29, 1.82) is 0 Å². The maximum absolute atomic E-state index is 6.16. The molecule has 2 heterocycles. The lowest BCUT2D eigenvalue weighted by atomic mass is 9.89. The van der Waals surface area contributed by atoms with Crippen molar-refractivity contribution < 1.29 is 0 Å². The van der Waals surface area contributed by atoms with Crippen LogP contribution in [0.1, 0.15) is 25.8 Å². The minimum absolute atomic E-state index is 0.346. The number of hydrogen-bond acceptors (Lipinski definition) is 3. The first kappa shape index (κ1) is 13.5. The maximum Gasteiger partial charge on any atom is 0.0701 e. The summed E-state index contributed by atoms with van der Waals surface area (Å²) in [7, 11) is 0. The van der Waals surface area contributed by atoms with Crippen LogP contribution >= 0.6 is 27.3 Å². The zero-order valence-corrected chi connectivity index (χ0v) is 12.9. The molecule has 1 aliphatic rings. The van der Waals surface area contributed by atoms with Crippen LogP contribution in [0.25, 0.3) is 0 Å². The molecular weight excluding hydrogens is 296 g/mol. The first-order chi connectivity index (χ1) is 8.04. The van der Waals surface area contributed by atoms with E-state index in [4.69, 9.17) is 5.73 Å². The molecule has 4 heteroatoms. The molecule has 2 rings (SSSR count). The Kier molecular flexibility index (Phi) is 4.64. The highest BCUT2D eigenvalue weighted by molar-refractivity contribution is 9.11. The maximum atomic E-state index is 6.16. The molecule has 96 valence electrons. The third kappa shape index (κ3) is 3.78. The van der Waals surface area contributed by atoms with Crippen molar-refractivity contribution in [3.8, 4) is 0 Å². The van der Waals surface area contributed by atoms with E-state index in [0.717, 1.165) is 13.0 Å². The Bertz CT molecular complexity index is 364. The fourth-order valence-electron chi connectivity index (χ4n) is 2.64. The summed E-state index contributed by atoms with van der Waals surface area (Å²) in [5.74, 6) is 0.711. The molecule has 1 aromatic rings. The number of halogens is 1. The Balaban J connectivity index is 1.96. The van der Waals surface area contributed by atoms with Gasteiger partial charge in [-0.05, 0) is 65.5 Å². The molecule has 0 radical (unpaired) electrons. The predicted octanol–water partition coefficient (Wildman–Crippen LogP) is 3.11. The van der Waals surface area contributed by atoms with Gasteiger partial charge in [-0.25, -0.2) is 0 Å². The monoisotopic (exact) mass is 316 g/mol. The predicted molar refractivity (Wildman–Crippen MR) is 78.5 cm³/mol. The van der Waals surface area contributed by atoms with Gasteiger partial charge in [-0.1, -0.05) is 0 Å². The molecule has 1 aliphatic heterocycles. The molecule has 17 heavy (non-hydrogen) atoms. The third-order valence-corrected chi connectivity index (χ3v) is 5.03. The summed E-state index contributed by atoms with van der Waals surface area (Å²) in [5, 5.41) is 2.25. The van der Waals surface area contributed by atoms with Crippen LogP contribution in [0.5, 0.6) is 0 Å². The van der Waals surface area contributed by atoms with Crippen molar-refractivity contribution in [3.05, 3.63) is 20.8 Å². The highest BCUT2D eigenvalue weighted by Crippen LogP contribution is 2.26. The van der Waals surface area contributed by atoms with Gasteiger partial charge < -0.3 is 5.73 Å². The second-order valence-electron chi connectivity index (χ2n) is 5.37. The lowest BCUT2D eigenvalue weighted by Crippen LogP contribution is -2.50. The lowest BCUT2D eigenvalue weighted by molar-refractivity contribution is 0.124. The van der Waals surface area contributed by atoms with Crippen molar-refractivity contribution in [1.82, 2.24) is 4.90 Å². The number of nitrogens with two attached hydrogens (primary N) is 1. The van der Waals surface area contributed by atoms with E-state index in [2.05, 4.69) is 46.1 Å².